The van der Waals surface area contributed by atoms with Crippen LogP contribution in [-0.4, -0.2) is 32.5 Å². The number of amides is 2. The van der Waals surface area contributed by atoms with E-state index in [2.05, 4.69) is 20.3 Å². The molecule has 31 heavy (non-hydrogen) atoms. The maximum absolute atomic E-state index is 12.8. The van der Waals surface area contributed by atoms with Crippen molar-refractivity contribution in [2.45, 2.75) is 24.3 Å². The Hall–Kier alpha value is -3.23. The maximum Gasteiger partial charge on any atom is 0.315 e. The second kappa shape index (κ2) is 11.2. The minimum Gasteiger partial charge on any atom is -0.338 e. The second-order valence-corrected chi connectivity index (χ2v) is 8.67. The van der Waals surface area contributed by atoms with Gasteiger partial charge in [0.05, 0.1) is 4.90 Å². The fourth-order valence-electron chi connectivity index (χ4n) is 3.04. The van der Waals surface area contributed by atoms with E-state index < -0.39 is 10.0 Å². The molecular weight excluding hydrogens is 412 g/mol. The highest BCUT2D eigenvalue weighted by Gasteiger charge is 2.18. The van der Waals surface area contributed by atoms with Gasteiger partial charge in [-0.25, -0.2) is 17.9 Å². The predicted octanol–water partition coefficient (Wildman–Crippen LogP) is 3.31. The lowest BCUT2D eigenvalue weighted by atomic mass is 10.1. The molecule has 1 heterocycles. The van der Waals surface area contributed by atoms with E-state index in [1.807, 2.05) is 48.5 Å². The summed E-state index contributed by atoms with van der Waals surface area (Å²) in [6.45, 7) is 1.19. The minimum absolute atomic E-state index is 0.255. The molecule has 7 nitrogen and oxygen atoms in total. The number of benzene rings is 2. The third-order valence-electron chi connectivity index (χ3n) is 4.64. The van der Waals surface area contributed by atoms with Gasteiger partial charge in [-0.05, 0) is 42.2 Å². The highest BCUT2D eigenvalue weighted by atomic mass is 32.2. The highest BCUT2D eigenvalue weighted by Crippen LogP contribution is 2.26. The lowest BCUT2D eigenvalue weighted by Gasteiger charge is -2.12. The molecule has 0 saturated carbocycles. The number of hydrogen-bond donors (Lipinski definition) is 3. The van der Waals surface area contributed by atoms with Gasteiger partial charge in [0.25, 0.3) is 0 Å². The first-order valence-electron chi connectivity index (χ1n) is 10.1. The van der Waals surface area contributed by atoms with Crippen LogP contribution in [0, 0.1) is 0 Å². The Morgan fingerprint density at radius 3 is 2.26 bits per heavy atom. The Bertz CT molecular complexity index is 1070. The van der Waals surface area contributed by atoms with E-state index in [1.54, 1.807) is 30.6 Å². The molecule has 0 spiro atoms. The highest BCUT2D eigenvalue weighted by molar-refractivity contribution is 7.89. The van der Waals surface area contributed by atoms with Crippen LogP contribution in [-0.2, 0) is 16.6 Å². The van der Waals surface area contributed by atoms with E-state index in [0.717, 1.165) is 11.1 Å². The number of carbonyl (C=O) groups excluding carboxylic acids is 1. The van der Waals surface area contributed by atoms with Crippen LogP contribution in [0.4, 0.5) is 4.79 Å². The summed E-state index contributed by atoms with van der Waals surface area (Å²) in [5.74, 6) is 0. The number of urea groups is 1. The number of nitrogens with zero attached hydrogens (tertiary/aromatic N) is 1. The molecule has 0 atom stereocenters. The number of rotatable bonds is 10. The Morgan fingerprint density at radius 2 is 1.48 bits per heavy atom. The summed E-state index contributed by atoms with van der Waals surface area (Å²) in [6.07, 6.45) is 4.62. The zero-order valence-electron chi connectivity index (χ0n) is 17.1. The van der Waals surface area contributed by atoms with Crippen LogP contribution in [0.25, 0.3) is 11.1 Å². The van der Waals surface area contributed by atoms with Crippen molar-refractivity contribution >= 4 is 16.1 Å². The van der Waals surface area contributed by atoms with Crippen molar-refractivity contribution in [3.05, 3.63) is 84.7 Å². The topological polar surface area (TPSA) is 100 Å². The summed E-state index contributed by atoms with van der Waals surface area (Å²) in [5.41, 5.74) is 2.49. The van der Waals surface area contributed by atoms with E-state index >= 15 is 0 Å². The van der Waals surface area contributed by atoms with Crippen molar-refractivity contribution in [3.63, 3.8) is 0 Å². The van der Waals surface area contributed by atoms with Gasteiger partial charge >= 0.3 is 6.03 Å². The number of hydrogen-bond acceptors (Lipinski definition) is 4. The Morgan fingerprint density at radius 1 is 0.806 bits per heavy atom. The van der Waals surface area contributed by atoms with Crippen LogP contribution in [0.2, 0.25) is 0 Å². The first kappa shape index (κ1) is 22.5. The lowest BCUT2D eigenvalue weighted by molar-refractivity contribution is 0.240. The number of carbonyl (C=O) groups is 1. The van der Waals surface area contributed by atoms with Gasteiger partial charge in [-0.2, -0.15) is 0 Å². The predicted molar refractivity (Wildman–Crippen MR) is 121 cm³/mol. The Balaban J connectivity index is 1.41. The molecule has 0 aliphatic heterocycles. The van der Waals surface area contributed by atoms with E-state index in [0.29, 0.717) is 38.0 Å². The number of unbranched alkanes of at least 4 members (excludes halogenated alkanes) is 1. The molecule has 0 bridgehead atoms. The summed E-state index contributed by atoms with van der Waals surface area (Å²) in [7, 11) is -3.64. The van der Waals surface area contributed by atoms with Gasteiger partial charge in [0.15, 0.2) is 0 Å². The molecule has 2 aromatic carbocycles. The van der Waals surface area contributed by atoms with Gasteiger partial charge in [-0.3, -0.25) is 4.98 Å². The van der Waals surface area contributed by atoms with Crippen LogP contribution in [0.5, 0.6) is 0 Å². The molecule has 0 saturated heterocycles. The van der Waals surface area contributed by atoms with Crippen molar-refractivity contribution in [3.8, 4) is 11.1 Å². The Kier molecular flexibility index (Phi) is 8.14. The lowest BCUT2D eigenvalue weighted by Crippen LogP contribution is -2.35. The number of aromatic nitrogens is 1. The number of nitrogens with one attached hydrogen (secondary N) is 3. The first-order valence-corrected chi connectivity index (χ1v) is 11.6. The minimum atomic E-state index is -3.64. The van der Waals surface area contributed by atoms with Gasteiger partial charge < -0.3 is 10.6 Å². The van der Waals surface area contributed by atoms with E-state index in [9.17, 15) is 13.2 Å². The Labute approximate surface area is 183 Å². The standard InChI is InChI=1S/C23H26N4O3S/c28-23(26-18-19-12-16-24-17-13-19)25-14-6-7-15-27-31(29,30)22-11-5-4-10-21(22)20-8-2-1-3-9-20/h1-5,8-13,16-17,27H,6-7,14-15,18H2,(H2,25,26,28). The van der Waals surface area contributed by atoms with Crippen LogP contribution < -0.4 is 15.4 Å². The summed E-state index contributed by atoms with van der Waals surface area (Å²) in [6, 6.07) is 19.8. The average Bonchev–Trinajstić information content (AvgIpc) is 2.81. The smallest absolute Gasteiger partial charge is 0.315 e. The zero-order valence-corrected chi connectivity index (χ0v) is 17.9. The van der Waals surface area contributed by atoms with Crippen LogP contribution in [0.1, 0.15) is 18.4 Å². The van der Waals surface area contributed by atoms with Gasteiger partial charge in [-0.1, -0.05) is 48.5 Å². The molecule has 3 aromatic rings. The van der Waals surface area contributed by atoms with Gasteiger partial charge in [0, 0.05) is 37.6 Å². The summed E-state index contributed by atoms with van der Waals surface area (Å²) in [4.78, 5) is 16.0. The third kappa shape index (κ3) is 6.91. The van der Waals surface area contributed by atoms with E-state index in [-0.39, 0.29) is 10.9 Å². The van der Waals surface area contributed by atoms with Gasteiger partial charge in [0.2, 0.25) is 10.0 Å². The number of sulfonamides is 1. The molecule has 8 heteroatoms. The van der Waals surface area contributed by atoms with Crippen molar-refractivity contribution in [1.29, 1.82) is 0 Å². The molecule has 0 aliphatic rings. The number of pyridine rings is 1. The van der Waals surface area contributed by atoms with Crippen molar-refractivity contribution < 1.29 is 13.2 Å². The molecule has 3 N–H and O–H groups in total. The van der Waals surface area contributed by atoms with Crippen molar-refractivity contribution in [1.82, 2.24) is 20.3 Å². The van der Waals surface area contributed by atoms with Crippen molar-refractivity contribution in [2.75, 3.05) is 13.1 Å². The van der Waals surface area contributed by atoms with E-state index in [1.165, 1.54) is 0 Å². The first-order chi connectivity index (χ1) is 15.1. The monoisotopic (exact) mass is 438 g/mol. The quantitative estimate of drug-likeness (QED) is 0.423. The van der Waals surface area contributed by atoms with Gasteiger partial charge in [0.1, 0.15) is 0 Å². The van der Waals surface area contributed by atoms with Gasteiger partial charge in [-0.15, -0.1) is 0 Å². The van der Waals surface area contributed by atoms with Crippen LogP contribution in [0.15, 0.2) is 84.0 Å². The fraction of sp³-hybridized carbons (Fsp3) is 0.217. The molecule has 0 aliphatic carbocycles. The molecule has 0 unspecified atom stereocenters. The molecule has 0 fully saturated rings. The molecule has 162 valence electrons. The largest absolute Gasteiger partial charge is 0.338 e. The molecule has 0 radical (unpaired) electrons. The van der Waals surface area contributed by atoms with E-state index in [4.69, 9.17) is 0 Å². The zero-order chi connectivity index (χ0) is 21.9. The fourth-order valence-corrected chi connectivity index (χ4v) is 4.34. The third-order valence-corrected chi connectivity index (χ3v) is 6.16. The molecule has 1 aromatic heterocycles. The van der Waals surface area contributed by atoms with Crippen LogP contribution in [0.3, 0.4) is 0 Å². The maximum atomic E-state index is 12.8. The SMILES string of the molecule is O=C(NCCCCNS(=O)(=O)c1ccccc1-c1ccccc1)NCc1ccncc1. The average molecular weight is 439 g/mol. The summed E-state index contributed by atoms with van der Waals surface area (Å²) >= 11 is 0. The van der Waals surface area contributed by atoms with Crippen molar-refractivity contribution in [2.24, 2.45) is 0 Å². The van der Waals surface area contributed by atoms with Crippen LogP contribution >= 0.6 is 0 Å². The second-order valence-electron chi connectivity index (χ2n) is 6.93. The summed E-state index contributed by atoms with van der Waals surface area (Å²) in [5, 5.41) is 5.54. The molecule has 3 rings (SSSR count). The summed E-state index contributed by atoms with van der Waals surface area (Å²) < 4.78 is 28.2. The normalized spacial score (nSPS) is 11.1. The molecule has 2 amide bonds. The molecular formula is C23H26N4O3S.